The second-order valence-electron chi connectivity index (χ2n) is 9.07. The lowest BCUT2D eigenvalue weighted by Crippen LogP contribution is -2.48. The van der Waals surface area contributed by atoms with Gasteiger partial charge in [0, 0.05) is 25.8 Å². The van der Waals surface area contributed by atoms with Crippen LogP contribution in [0.4, 0.5) is 0 Å². The number of ether oxygens (including phenoxy) is 1. The van der Waals surface area contributed by atoms with Crippen LogP contribution >= 0.6 is 0 Å². The molecule has 0 spiro atoms. The molecule has 2 heterocycles. The van der Waals surface area contributed by atoms with Gasteiger partial charge in [-0.25, -0.2) is 4.98 Å². The van der Waals surface area contributed by atoms with Gasteiger partial charge in [0.25, 0.3) is 5.91 Å². The van der Waals surface area contributed by atoms with Gasteiger partial charge in [0.05, 0.1) is 23.7 Å². The Labute approximate surface area is 194 Å². The van der Waals surface area contributed by atoms with E-state index >= 15 is 0 Å². The Morgan fingerprint density at radius 3 is 2.58 bits per heavy atom. The number of hydrogen-bond acceptors (Lipinski definition) is 4. The summed E-state index contributed by atoms with van der Waals surface area (Å²) in [5, 5.41) is 3.15. The van der Waals surface area contributed by atoms with E-state index in [1.165, 1.54) is 0 Å². The predicted octanol–water partition coefficient (Wildman–Crippen LogP) is 3.93. The molecule has 1 aliphatic heterocycles. The van der Waals surface area contributed by atoms with Crippen LogP contribution in [0.5, 0.6) is 0 Å². The number of aromatic nitrogens is 2. The van der Waals surface area contributed by atoms with Crippen LogP contribution in [-0.4, -0.2) is 46.0 Å². The van der Waals surface area contributed by atoms with E-state index < -0.39 is 6.04 Å². The number of para-hydroxylation sites is 2. The van der Waals surface area contributed by atoms with Crippen LogP contribution in [-0.2, 0) is 22.6 Å². The van der Waals surface area contributed by atoms with E-state index in [1.807, 2.05) is 55.5 Å². The number of nitrogens with one attached hydrogen (secondary N) is 1. The summed E-state index contributed by atoms with van der Waals surface area (Å²) in [5.41, 5.74) is 3.55. The first kappa shape index (κ1) is 23.0. The molecule has 1 N–H and O–H groups in total. The molecular weight excluding hydrogens is 416 g/mol. The standard InChI is InChI=1S/C26H32N4O3/c1-17(2)15-23(30-16-19-9-5-6-10-20(19)26(30)32)25(31)27-18(3)24-28-21-11-7-8-12-22(21)29(24)13-14-33-4/h5-12,17-18,23H,13-16H2,1-4H3,(H,27,31)/t18-,23+/m1/s1. The Balaban J connectivity index is 1.58. The van der Waals surface area contributed by atoms with Crippen LogP contribution in [0.3, 0.4) is 0 Å². The average molecular weight is 449 g/mol. The molecular formula is C26H32N4O3. The number of carbonyl (C=O) groups excluding carboxylic acids is 2. The summed E-state index contributed by atoms with van der Waals surface area (Å²) < 4.78 is 7.39. The van der Waals surface area contributed by atoms with Gasteiger partial charge < -0.3 is 19.5 Å². The molecule has 0 aliphatic carbocycles. The molecule has 2 aromatic carbocycles. The monoisotopic (exact) mass is 448 g/mol. The molecule has 0 saturated heterocycles. The topological polar surface area (TPSA) is 76.5 Å². The highest BCUT2D eigenvalue weighted by Gasteiger charge is 2.37. The van der Waals surface area contributed by atoms with Crippen molar-refractivity contribution in [2.24, 2.45) is 5.92 Å². The summed E-state index contributed by atoms with van der Waals surface area (Å²) in [7, 11) is 1.67. The minimum absolute atomic E-state index is 0.0774. The van der Waals surface area contributed by atoms with E-state index in [9.17, 15) is 9.59 Å². The van der Waals surface area contributed by atoms with Gasteiger partial charge in [-0.3, -0.25) is 9.59 Å². The molecule has 0 fully saturated rings. The van der Waals surface area contributed by atoms with Gasteiger partial charge in [-0.2, -0.15) is 0 Å². The normalized spacial score (nSPS) is 15.2. The number of amides is 2. The van der Waals surface area contributed by atoms with E-state index in [-0.39, 0.29) is 23.8 Å². The van der Waals surface area contributed by atoms with Crippen molar-refractivity contribution in [3.63, 3.8) is 0 Å². The van der Waals surface area contributed by atoms with Crippen LogP contribution in [0, 0.1) is 5.92 Å². The summed E-state index contributed by atoms with van der Waals surface area (Å²) in [6.07, 6.45) is 0.596. The molecule has 7 heteroatoms. The predicted molar refractivity (Wildman–Crippen MR) is 128 cm³/mol. The lowest BCUT2D eigenvalue weighted by Gasteiger charge is -2.29. The van der Waals surface area contributed by atoms with Crippen LogP contribution in [0.15, 0.2) is 48.5 Å². The minimum atomic E-state index is -0.538. The molecule has 0 bridgehead atoms. The third kappa shape index (κ3) is 4.64. The van der Waals surface area contributed by atoms with Crippen molar-refractivity contribution >= 4 is 22.8 Å². The fraction of sp³-hybridized carbons (Fsp3) is 0.423. The average Bonchev–Trinajstić information content (AvgIpc) is 3.34. The maximum atomic E-state index is 13.5. The molecule has 1 aromatic heterocycles. The van der Waals surface area contributed by atoms with Gasteiger partial charge in [0.1, 0.15) is 11.9 Å². The lowest BCUT2D eigenvalue weighted by atomic mass is 10.0. The summed E-state index contributed by atoms with van der Waals surface area (Å²) in [6, 6.07) is 14.7. The van der Waals surface area contributed by atoms with Gasteiger partial charge >= 0.3 is 0 Å². The first-order chi connectivity index (χ1) is 15.9. The highest BCUT2D eigenvalue weighted by molar-refractivity contribution is 6.01. The second-order valence-corrected chi connectivity index (χ2v) is 9.07. The molecule has 0 radical (unpaired) electrons. The van der Waals surface area contributed by atoms with E-state index in [0.29, 0.717) is 31.7 Å². The first-order valence-corrected chi connectivity index (χ1v) is 11.5. The SMILES string of the molecule is COCCn1c([C@@H](C)NC(=O)[C@H](CC(C)C)N2Cc3ccccc3C2=O)nc2ccccc21. The van der Waals surface area contributed by atoms with Gasteiger partial charge in [-0.05, 0) is 43.0 Å². The number of rotatable bonds is 9. The first-order valence-electron chi connectivity index (χ1n) is 11.5. The zero-order valence-electron chi connectivity index (χ0n) is 19.7. The second kappa shape index (κ2) is 9.75. The smallest absolute Gasteiger partial charge is 0.255 e. The largest absolute Gasteiger partial charge is 0.383 e. The van der Waals surface area contributed by atoms with Crippen molar-refractivity contribution in [3.8, 4) is 0 Å². The van der Waals surface area contributed by atoms with E-state index in [0.717, 1.165) is 22.4 Å². The van der Waals surface area contributed by atoms with Crippen molar-refractivity contribution in [1.29, 1.82) is 0 Å². The number of nitrogens with zero attached hydrogens (tertiary/aromatic N) is 3. The lowest BCUT2D eigenvalue weighted by molar-refractivity contribution is -0.127. The molecule has 4 rings (SSSR count). The Morgan fingerprint density at radius 2 is 1.85 bits per heavy atom. The Hall–Kier alpha value is -3.19. The van der Waals surface area contributed by atoms with Gasteiger partial charge in [-0.15, -0.1) is 0 Å². The molecule has 0 unspecified atom stereocenters. The zero-order chi connectivity index (χ0) is 23.5. The van der Waals surface area contributed by atoms with Crippen molar-refractivity contribution in [2.75, 3.05) is 13.7 Å². The summed E-state index contributed by atoms with van der Waals surface area (Å²) in [6.45, 7) is 7.73. The fourth-order valence-corrected chi connectivity index (χ4v) is 4.57. The number of benzene rings is 2. The number of fused-ring (bicyclic) bond motifs is 2. The number of hydrogen-bond donors (Lipinski definition) is 1. The molecule has 7 nitrogen and oxygen atoms in total. The molecule has 1 aliphatic rings. The van der Waals surface area contributed by atoms with Gasteiger partial charge in [-0.1, -0.05) is 44.2 Å². The summed E-state index contributed by atoms with van der Waals surface area (Å²) in [5.74, 6) is 0.814. The molecule has 33 heavy (non-hydrogen) atoms. The maximum Gasteiger partial charge on any atom is 0.255 e. The van der Waals surface area contributed by atoms with E-state index in [4.69, 9.17) is 9.72 Å². The summed E-state index contributed by atoms with van der Waals surface area (Å²) >= 11 is 0. The third-order valence-electron chi connectivity index (χ3n) is 6.17. The fourth-order valence-electron chi connectivity index (χ4n) is 4.57. The van der Waals surface area contributed by atoms with Crippen LogP contribution in [0.25, 0.3) is 11.0 Å². The third-order valence-corrected chi connectivity index (χ3v) is 6.17. The highest BCUT2D eigenvalue weighted by atomic mass is 16.5. The highest BCUT2D eigenvalue weighted by Crippen LogP contribution is 2.28. The number of methoxy groups -OCH3 is 1. The molecule has 2 amide bonds. The minimum Gasteiger partial charge on any atom is -0.383 e. The van der Waals surface area contributed by atoms with Crippen molar-refractivity contribution in [1.82, 2.24) is 19.8 Å². The number of imidazole rings is 1. The Kier molecular flexibility index (Phi) is 6.79. The quantitative estimate of drug-likeness (QED) is 0.538. The Bertz CT molecular complexity index is 1150. The van der Waals surface area contributed by atoms with Crippen LogP contribution in [0.1, 0.15) is 55.0 Å². The van der Waals surface area contributed by atoms with E-state index in [2.05, 4.69) is 23.7 Å². The van der Waals surface area contributed by atoms with Crippen LogP contribution < -0.4 is 5.32 Å². The van der Waals surface area contributed by atoms with Crippen molar-refractivity contribution in [3.05, 3.63) is 65.5 Å². The van der Waals surface area contributed by atoms with E-state index in [1.54, 1.807) is 12.0 Å². The molecule has 174 valence electrons. The maximum absolute atomic E-state index is 13.5. The van der Waals surface area contributed by atoms with Crippen molar-refractivity contribution < 1.29 is 14.3 Å². The molecule has 0 saturated carbocycles. The van der Waals surface area contributed by atoms with Gasteiger partial charge in [0.15, 0.2) is 0 Å². The van der Waals surface area contributed by atoms with Crippen LogP contribution in [0.2, 0.25) is 0 Å². The molecule has 2 atom stereocenters. The van der Waals surface area contributed by atoms with Gasteiger partial charge in [0.2, 0.25) is 5.91 Å². The Morgan fingerprint density at radius 1 is 1.12 bits per heavy atom. The molecule has 3 aromatic rings. The number of carbonyl (C=O) groups is 2. The zero-order valence-corrected chi connectivity index (χ0v) is 19.7. The summed E-state index contributed by atoms with van der Waals surface area (Å²) in [4.78, 5) is 33.1. The van der Waals surface area contributed by atoms with Crippen molar-refractivity contribution in [2.45, 2.75) is 52.4 Å².